The first-order chi connectivity index (χ1) is 16.9. The minimum Gasteiger partial charge on any atom is -0.495 e. The van der Waals surface area contributed by atoms with E-state index in [-0.39, 0.29) is 31.3 Å². The number of amides is 2. The number of carbonyl (C=O) groups excluding carboxylic acids is 2. The zero-order chi connectivity index (χ0) is 25.2. The van der Waals surface area contributed by atoms with Crippen LogP contribution in [0.5, 0.6) is 5.75 Å². The van der Waals surface area contributed by atoms with Crippen LogP contribution in [0.4, 0.5) is 28.4 Å². The molecule has 0 heterocycles. The zero-order valence-electron chi connectivity index (χ0n) is 18.9. The third-order valence-corrected chi connectivity index (χ3v) is 4.87. The van der Waals surface area contributed by atoms with Crippen molar-refractivity contribution < 1.29 is 24.4 Å². The number of para-hydroxylation sites is 2. The van der Waals surface area contributed by atoms with Crippen molar-refractivity contribution >= 4 is 40.3 Å². The third-order valence-electron chi connectivity index (χ3n) is 4.87. The molecule has 0 spiro atoms. The Morgan fingerprint density at radius 1 is 0.943 bits per heavy atom. The Hall–Kier alpha value is -4.64. The van der Waals surface area contributed by atoms with E-state index < -0.39 is 10.8 Å². The lowest BCUT2D eigenvalue weighted by molar-refractivity contribution is -0.384. The standard InChI is InChI=1S/C24H25N5O6/c1-35-22-5-3-2-4-20(22)28-24(32)16-6-8-17(9-7-16)27-23(31)15-26-21-14-18(29(33)34)10-11-19(21)25-12-13-30/h2-11,14,25-26,30H,12-13,15H2,1H3,(H,27,31)(H,28,32). The van der Waals surface area contributed by atoms with Crippen LogP contribution in [0.2, 0.25) is 0 Å². The molecule has 11 heteroatoms. The summed E-state index contributed by atoms with van der Waals surface area (Å²) >= 11 is 0. The second kappa shape index (κ2) is 12.0. The van der Waals surface area contributed by atoms with E-state index in [1.807, 2.05) is 0 Å². The predicted molar refractivity (Wildman–Crippen MR) is 133 cm³/mol. The zero-order valence-corrected chi connectivity index (χ0v) is 18.9. The minimum absolute atomic E-state index is 0.121. The number of non-ortho nitro benzene ring substituents is 1. The minimum atomic E-state index is -0.535. The molecule has 35 heavy (non-hydrogen) atoms. The van der Waals surface area contributed by atoms with Crippen LogP contribution >= 0.6 is 0 Å². The Labute approximate surface area is 201 Å². The van der Waals surface area contributed by atoms with Gasteiger partial charge in [0.05, 0.1) is 42.2 Å². The highest BCUT2D eigenvalue weighted by molar-refractivity contribution is 6.05. The summed E-state index contributed by atoms with van der Waals surface area (Å²) in [5.74, 6) is -0.186. The smallest absolute Gasteiger partial charge is 0.271 e. The first-order valence-electron chi connectivity index (χ1n) is 10.6. The summed E-state index contributed by atoms with van der Waals surface area (Å²) in [4.78, 5) is 35.5. The van der Waals surface area contributed by atoms with E-state index in [0.29, 0.717) is 34.1 Å². The average Bonchev–Trinajstić information content (AvgIpc) is 2.87. The first kappa shape index (κ1) is 25.0. The van der Waals surface area contributed by atoms with Gasteiger partial charge in [0.15, 0.2) is 0 Å². The summed E-state index contributed by atoms with van der Waals surface area (Å²) < 4.78 is 5.23. The Morgan fingerprint density at radius 3 is 2.37 bits per heavy atom. The van der Waals surface area contributed by atoms with Gasteiger partial charge in [-0.15, -0.1) is 0 Å². The topological polar surface area (TPSA) is 155 Å². The van der Waals surface area contributed by atoms with E-state index in [1.54, 1.807) is 48.5 Å². The molecule has 0 atom stereocenters. The van der Waals surface area contributed by atoms with Crippen molar-refractivity contribution in [3.05, 3.63) is 82.4 Å². The number of nitrogens with zero attached hydrogens (tertiary/aromatic N) is 1. The second-order valence-corrected chi connectivity index (χ2v) is 7.27. The molecule has 0 aliphatic carbocycles. The Kier molecular flexibility index (Phi) is 8.57. The number of hydrogen-bond donors (Lipinski definition) is 5. The number of rotatable bonds is 11. The number of anilines is 4. The fourth-order valence-electron chi connectivity index (χ4n) is 3.16. The quantitative estimate of drug-likeness (QED) is 0.207. The Balaban J connectivity index is 1.59. The molecule has 3 aromatic carbocycles. The van der Waals surface area contributed by atoms with Gasteiger partial charge in [-0.1, -0.05) is 12.1 Å². The predicted octanol–water partition coefficient (Wildman–Crippen LogP) is 3.31. The van der Waals surface area contributed by atoms with E-state index in [9.17, 15) is 19.7 Å². The van der Waals surface area contributed by atoms with Gasteiger partial charge in [-0.05, 0) is 42.5 Å². The van der Waals surface area contributed by atoms with Gasteiger partial charge in [-0.3, -0.25) is 19.7 Å². The highest BCUT2D eigenvalue weighted by Gasteiger charge is 2.13. The molecule has 0 fully saturated rings. The molecule has 0 aliphatic heterocycles. The molecule has 0 saturated heterocycles. The van der Waals surface area contributed by atoms with Crippen LogP contribution in [0.25, 0.3) is 0 Å². The molecule has 11 nitrogen and oxygen atoms in total. The molecule has 3 rings (SSSR count). The highest BCUT2D eigenvalue weighted by atomic mass is 16.6. The molecule has 182 valence electrons. The third kappa shape index (κ3) is 6.92. The molecule has 0 unspecified atom stereocenters. The summed E-state index contributed by atoms with van der Waals surface area (Å²) in [5.41, 5.74) is 2.14. The summed E-state index contributed by atoms with van der Waals surface area (Å²) in [6.07, 6.45) is 0. The van der Waals surface area contributed by atoms with Gasteiger partial charge in [0.2, 0.25) is 5.91 Å². The number of carbonyl (C=O) groups is 2. The second-order valence-electron chi connectivity index (χ2n) is 7.27. The SMILES string of the molecule is COc1ccccc1NC(=O)c1ccc(NC(=O)CNc2cc([N+](=O)[O-])ccc2NCCO)cc1. The van der Waals surface area contributed by atoms with Crippen molar-refractivity contribution in [1.29, 1.82) is 0 Å². The summed E-state index contributed by atoms with van der Waals surface area (Å²) in [5, 5.41) is 31.4. The Morgan fingerprint density at radius 2 is 1.69 bits per heavy atom. The lowest BCUT2D eigenvalue weighted by atomic mass is 10.2. The van der Waals surface area contributed by atoms with Gasteiger partial charge in [0, 0.05) is 29.9 Å². The first-order valence-corrected chi connectivity index (χ1v) is 10.6. The number of methoxy groups -OCH3 is 1. The van der Waals surface area contributed by atoms with Crippen LogP contribution in [-0.4, -0.2) is 48.7 Å². The van der Waals surface area contributed by atoms with Gasteiger partial charge < -0.3 is 31.1 Å². The van der Waals surface area contributed by atoms with E-state index in [2.05, 4.69) is 21.3 Å². The number of aliphatic hydroxyl groups excluding tert-OH is 1. The van der Waals surface area contributed by atoms with Crippen molar-refractivity contribution in [3.63, 3.8) is 0 Å². The van der Waals surface area contributed by atoms with Crippen LogP contribution in [0.3, 0.4) is 0 Å². The van der Waals surface area contributed by atoms with E-state index in [0.717, 1.165) is 0 Å². The average molecular weight is 479 g/mol. The van der Waals surface area contributed by atoms with Crippen LogP contribution in [0.15, 0.2) is 66.7 Å². The van der Waals surface area contributed by atoms with Gasteiger partial charge in [0.1, 0.15) is 5.75 Å². The van der Waals surface area contributed by atoms with Crippen LogP contribution in [-0.2, 0) is 4.79 Å². The van der Waals surface area contributed by atoms with E-state index in [4.69, 9.17) is 9.84 Å². The normalized spacial score (nSPS) is 10.2. The number of benzene rings is 3. The number of ether oxygens (including phenoxy) is 1. The van der Waals surface area contributed by atoms with Crippen LogP contribution in [0.1, 0.15) is 10.4 Å². The van der Waals surface area contributed by atoms with Gasteiger partial charge in [-0.2, -0.15) is 0 Å². The van der Waals surface area contributed by atoms with Crippen molar-refractivity contribution in [1.82, 2.24) is 0 Å². The number of hydrogen-bond acceptors (Lipinski definition) is 8. The largest absolute Gasteiger partial charge is 0.495 e. The monoisotopic (exact) mass is 479 g/mol. The van der Waals surface area contributed by atoms with Crippen molar-refractivity contribution in [2.75, 3.05) is 48.1 Å². The molecule has 0 bridgehead atoms. The van der Waals surface area contributed by atoms with Gasteiger partial charge in [-0.25, -0.2) is 0 Å². The Bertz CT molecular complexity index is 1200. The summed E-state index contributed by atoms with van der Waals surface area (Å²) in [6, 6.07) is 17.5. The fourth-order valence-corrected chi connectivity index (χ4v) is 3.16. The number of nitro benzene ring substituents is 1. The maximum atomic E-state index is 12.5. The van der Waals surface area contributed by atoms with Crippen molar-refractivity contribution in [2.24, 2.45) is 0 Å². The molecule has 0 aromatic heterocycles. The van der Waals surface area contributed by atoms with Gasteiger partial charge in [0.25, 0.3) is 11.6 Å². The molecule has 3 aromatic rings. The van der Waals surface area contributed by atoms with Crippen molar-refractivity contribution in [3.8, 4) is 5.75 Å². The summed E-state index contributed by atoms with van der Waals surface area (Å²) in [6.45, 7) is -0.0372. The number of nitro groups is 1. The number of aliphatic hydroxyl groups is 1. The maximum Gasteiger partial charge on any atom is 0.271 e. The summed E-state index contributed by atoms with van der Waals surface area (Å²) in [7, 11) is 1.52. The molecule has 0 radical (unpaired) electrons. The highest BCUT2D eigenvalue weighted by Crippen LogP contribution is 2.27. The molecular formula is C24H25N5O6. The maximum absolute atomic E-state index is 12.5. The molecule has 5 N–H and O–H groups in total. The van der Waals surface area contributed by atoms with Crippen molar-refractivity contribution in [2.45, 2.75) is 0 Å². The van der Waals surface area contributed by atoms with E-state index >= 15 is 0 Å². The molecule has 0 aliphatic rings. The van der Waals surface area contributed by atoms with Gasteiger partial charge >= 0.3 is 0 Å². The lowest BCUT2D eigenvalue weighted by Crippen LogP contribution is -2.22. The lowest BCUT2D eigenvalue weighted by Gasteiger charge is -2.13. The molecular weight excluding hydrogens is 454 g/mol. The number of nitrogens with one attached hydrogen (secondary N) is 4. The molecule has 0 saturated carbocycles. The fraction of sp³-hybridized carbons (Fsp3) is 0.167. The van der Waals surface area contributed by atoms with E-state index in [1.165, 1.54) is 25.3 Å². The van der Waals surface area contributed by atoms with Crippen LogP contribution in [0, 0.1) is 10.1 Å². The molecule has 2 amide bonds. The van der Waals surface area contributed by atoms with Crippen LogP contribution < -0.4 is 26.0 Å².